The fourth-order valence-corrected chi connectivity index (χ4v) is 2.65. The van der Waals surface area contributed by atoms with Crippen LogP contribution in [0.3, 0.4) is 0 Å². The Labute approximate surface area is 151 Å². The molecule has 2 aromatic rings. The molecular formula is C20H20N2O4. The van der Waals surface area contributed by atoms with Crippen LogP contribution >= 0.6 is 0 Å². The summed E-state index contributed by atoms with van der Waals surface area (Å²) in [5.41, 5.74) is 4.03. The van der Waals surface area contributed by atoms with E-state index in [1.165, 1.54) is 0 Å². The van der Waals surface area contributed by atoms with Gasteiger partial charge in [0.1, 0.15) is 5.75 Å². The van der Waals surface area contributed by atoms with Crippen molar-refractivity contribution < 1.29 is 19.1 Å². The largest absolute Gasteiger partial charge is 0.484 e. The minimum atomic E-state index is -0.584. The Kier molecular flexibility index (Phi) is 4.50. The van der Waals surface area contributed by atoms with E-state index in [-0.39, 0.29) is 23.1 Å². The number of hydrogen-bond acceptors (Lipinski definition) is 4. The van der Waals surface area contributed by atoms with E-state index in [4.69, 9.17) is 4.74 Å². The van der Waals surface area contributed by atoms with Gasteiger partial charge in [0, 0.05) is 0 Å². The lowest BCUT2D eigenvalue weighted by Crippen LogP contribution is -2.47. The Morgan fingerprint density at radius 1 is 0.962 bits per heavy atom. The lowest BCUT2D eigenvalue weighted by atomic mass is 9.87. The van der Waals surface area contributed by atoms with Gasteiger partial charge in [-0.15, -0.1) is 0 Å². The summed E-state index contributed by atoms with van der Waals surface area (Å²) in [6.45, 7) is 6.03. The second-order valence-electron chi connectivity index (χ2n) is 7.09. The molecule has 0 bridgehead atoms. The molecule has 134 valence electrons. The second kappa shape index (κ2) is 6.63. The molecule has 0 spiro atoms. The number of hydrazine groups is 1. The number of hydrogen-bond donors (Lipinski definition) is 1. The van der Waals surface area contributed by atoms with E-state index >= 15 is 0 Å². The average molecular weight is 352 g/mol. The van der Waals surface area contributed by atoms with Crippen molar-refractivity contribution >= 4 is 17.7 Å². The number of imide groups is 1. The number of carbonyl (C=O) groups excluding carboxylic acids is 3. The number of nitrogens with zero attached hydrogens (tertiary/aromatic N) is 1. The third kappa shape index (κ3) is 3.44. The van der Waals surface area contributed by atoms with Gasteiger partial charge < -0.3 is 4.74 Å². The van der Waals surface area contributed by atoms with Crippen molar-refractivity contribution in [3.63, 3.8) is 0 Å². The molecule has 6 nitrogen and oxygen atoms in total. The number of ether oxygens (including phenoxy) is 1. The molecule has 0 aliphatic carbocycles. The Hall–Kier alpha value is -3.15. The number of benzene rings is 2. The van der Waals surface area contributed by atoms with Gasteiger partial charge in [0.05, 0.1) is 11.1 Å². The molecule has 1 N–H and O–H groups in total. The molecule has 0 saturated carbocycles. The summed E-state index contributed by atoms with van der Waals surface area (Å²) in [7, 11) is 0. The quantitative estimate of drug-likeness (QED) is 0.859. The van der Waals surface area contributed by atoms with Gasteiger partial charge >= 0.3 is 0 Å². The minimum Gasteiger partial charge on any atom is -0.484 e. The van der Waals surface area contributed by atoms with E-state index in [9.17, 15) is 14.4 Å². The first-order valence-corrected chi connectivity index (χ1v) is 8.28. The zero-order chi connectivity index (χ0) is 18.9. The highest BCUT2D eigenvalue weighted by Gasteiger charge is 2.36. The van der Waals surface area contributed by atoms with Crippen LogP contribution in [0, 0.1) is 0 Å². The molecule has 1 aliphatic rings. The van der Waals surface area contributed by atoms with Gasteiger partial charge in [-0.25, -0.2) is 0 Å². The van der Waals surface area contributed by atoms with Crippen LogP contribution in [0.15, 0.2) is 48.5 Å². The third-order valence-corrected chi connectivity index (χ3v) is 4.12. The predicted octanol–water partition coefficient (Wildman–Crippen LogP) is 2.69. The molecule has 26 heavy (non-hydrogen) atoms. The van der Waals surface area contributed by atoms with Crippen molar-refractivity contribution in [2.24, 2.45) is 0 Å². The molecule has 1 heterocycles. The van der Waals surface area contributed by atoms with Gasteiger partial charge in [0.2, 0.25) is 0 Å². The van der Waals surface area contributed by atoms with Crippen LogP contribution in [-0.4, -0.2) is 29.3 Å². The summed E-state index contributed by atoms with van der Waals surface area (Å²) in [6, 6.07) is 13.9. The maximum absolute atomic E-state index is 12.2. The van der Waals surface area contributed by atoms with E-state index < -0.39 is 17.7 Å². The number of carbonyl (C=O) groups is 3. The molecule has 3 rings (SSSR count). The highest BCUT2D eigenvalue weighted by molar-refractivity contribution is 6.21. The fraction of sp³-hybridized carbons (Fsp3) is 0.250. The number of rotatable bonds is 4. The molecule has 1 aliphatic heterocycles. The molecule has 0 fully saturated rings. The molecular weight excluding hydrogens is 332 g/mol. The van der Waals surface area contributed by atoms with Crippen LogP contribution in [0.2, 0.25) is 0 Å². The van der Waals surface area contributed by atoms with Crippen LogP contribution in [0.4, 0.5) is 0 Å². The summed E-state index contributed by atoms with van der Waals surface area (Å²) in [5.74, 6) is -1.14. The van der Waals surface area contributed by atoms with E-state index in [0.717, 1.165) is 10.6 Å². The monoisotopic (exact) mass is 352 g/mol. The lowest BCUT2D eigenvalue weighted by Gasteiger charge is -2.19. The maximum atomic E-state index is 12.2. The molecule has 2 aromatic carbocycles. The van der Waals surface area contributed by atoms with Crippen LogP contribution in [-0.2, 0) is 10.2 Å². The molecule has 6 heteroatoms. The van der Waals surface area contributed by atoms with Gasteiger partial charge in [0.15, 0.2) is 6.61 Å². The van der Waals surface area contributed by atoms with Crippen molar-refractivity contribution in [3.8, 4) is 5.75 Å². The van der Waals surface area contributed by atoms with E-state index in [1.54, 1.807) is 36.4 Å². The maximum Gasteiger partial charge on any atom is 0.280 e. The zero-order valence-electron chi connectivity index (χ0n) is 14.9. The highest BCUT2D eigenvalue weighted by atomic mass is 16.5. The fourth-order valence-electron chi connectivity index (χ4n) is 2.65. The van der Waals surface area contributed by atoms with Gasteiger partial charge in [-0.3, -0.25) is 19.8 Å². The molecule has 0 aromatic heterocycles. The Morgan fingerprint density at radius 3 is 2.00 bits per heavy atom. The molecule has 3 amide bonds. The SMILES string of the molecule is CC(C)(C)c1ccc(OCC(=O)NN2C(=O)c3ccccc3C2=O)cc1. The third-order valence-electron chi connectivity index (χ3n) is 4.12. The smallest absolute Gasteiger partial charge is 0.280 e. The molecule has 0 saturated heterocycles. The topological polar surface area (TPSA) is 75.7 Å². The van der Waals surface area contributed by atoms with Crippen LogP contribution in [0.1, 0.15) is 47.1 Å². The van der Waals surface area contributed by atoms with Gasteiger partial charge in [-0.1, -0.05) is 45.0 Å². The Bertz CT molecular complexity index is 831. The summed E-state index contributed by atoms with van der Waals surface area (Å²) < 4.78 is 5.43. The number of fused-ring (bicyclic) bond motifs is 1. The lowest BCUT2D eigenvalue weighted by molar-refractivity contribution is -0.126. The summed E-state index contributed by atoms with van der Waals surface area (Å²) in [4.78, 5) is 36.5. The zero-order valence-corrected chi connectivity index (χ0v) is 14.9. The van der Waals surface area contributed by atoms with E-state index in [2.05, 4.69) is 26.2 Å². The standard InChI is InChI=1S/C20H20N2O4/c1-20(2,3)13-8-10-14(11-9-13)26-12-17(23)21-22-18(24)15-6-4-5-7-16(15)19(22)25/h4-11H,12H2,1-3H3,(H,21,23). The average Bonchev–Trinajstić information content (AvgIpc) is 2.85. The van der Waals surface area contributed by atoms with Crippen molar-refractivity contribution in [2.75, 3.05) is 6.61 Å². The summed E-state index contributed by atoms with van der Waals surface area (Å²) in [6.07, 6.45) is 0. The number of nitrogens with one attached hydrogen (secondary N) is 1. The first-order chi connectivity index (χ1) is 12.3. The first kappa shape index (κ1) is 17.7. The minimum absolute atomic E-state index is 0.0292. The Balaban J connectivity index is 1.59. The summed E-state index contributed by atoms with van der Waals surface area (Å²) >= 11 is 0. The van der Waals surface area contributed by atoms with Gasteiger partial charge in [-0.05, 0) is 35.2 Å². The van der Waals surface area contributed by atoms with Crippen LogP contribution in [0.25, 0.3) is 0 Å². The molecule has 0 radical (unpaired) electrons. The van der Waals surface area contributed by atoms with Crippen molar-refractivity contribution in [1.29, 1.82) is 0 Å². The van der Waals surface area contributed by atoms with Crippen LogP contribution < -0.4 is 10.2 Å². The normalized spacial score (nSPS) is 13.6. The van der Waals surface area contributed by atoms with Gasteiger partial charge in [0.25, 0.3) is 17.7 Å². The molecule has 0 unspecified atom stereocenters. The van der Waals surface area contributed by atoms with E-state index in [1.807, 2.05) is 12.1 Å². The van der Waals surface area contributed by atoms with Crippen LogP contribution in [0.5, 0.6) is 5.75 Å². The molecule has 0 atom stereocenters. The van der Waals surface area contributed by atoms with Crippen molar-refractivity contribution in [3.05, 3.63) is 65.2 Å². The number of amides is 3. The predicted molar refractivity (Wildman–Crippen MR) is 95.7 cm³/mol. The Morgan fingerprint density at radius 2 is 1.50 bits per heavy atom. The van der Waals surface area contributed by atoms with Crippen molar-refractivity contribution in [1.82, 2.24) is 10.4 Å². The van der Waals surface area contributed by atoms with E-state index in [0.29, 0.717) is 5.75 Å². The van der Waals surface area contributed by atoms with Gasteiger partial charge in [-0.2, -0.15) is 5.01 Å². The first-order valence-electron chi connectivity index (χ1n) is 8.28. The summed E-state index contributed by atoms with van der Waals surface area (Å²) in [5, 5.41) is 0.721. The highest BCUT2D eigenvalue weighted by Crippen LogP contribution is 2.24. The van der Waals surface area contributed by atoms with Crippen molar-refractivity contribution in [2.45, 2.75) is 26.2 Å². The second-order valence-corrected chi connectivity index (χ2v) is 7.09.